The summed E-state index contributed by atoms with van der Waals surface area (Å²) in [5, 5.41) is 20.5. The van der Waals surface area contributed by atoms with Crippen molar-refractivity contribution in [2.24, 2.45) is 0 Å². The number of furan rings is 1. The van der Waals surface area contributed by atoms with Gasteiger partial charge < -0.3 is 20.2 Å². The molecule has 7 heteroatoms. The lowest BCUT2D eigenvalue weighted by atomic mass is 9.96. The molecule has 3 N–H and O–H groups in total. The second-order valence-electron chi connectivity index (χ2n) is 6.71. The Hall–Kier alpha value is -2.28. The van der Waals surface area contributed by atoms with Gasteiger partial charge in [-0.3, -0.25) is 4.68 Å². The van der Waals surface area contributed by atoms with Gasteiger partial charge in [0.25, 0.3) is 0 Å². The summed E-state index contributed by atoms with van der Waals surface area (Å²) in [5.41, 5.74) is 1.62. The molecule has 0 saturated heterocycles. The molecule has 0 aliphatic rings. The summed E-state index contributed by atoms with van der Waals surface area (Å²) in [5.74, 6) is 1.40. The highest BCUT2D eigenvalue weighted by atomic mass is 16.3. The van der Waals surface area contributed by atoms with Gasteiger partial charge in [0.2, 0.25) is 0 Å². The Kier molecular flexibility index (Phi) is 5.89. The van der Waals surface area contributed by atoms with Crippen LogP contribution in [0.4, 0.5) is 4.79 Å². The number of aliphatic hydroxyl groups is 1. The number of urea groups is 1. The van der Waals surface area contributed by atoms with Gasteiger partial charge in [-0.25, -0.2) is 4.79 Å². The number of nitrogens with one attached hydrogen (secondary N) is 2. The molecular formula is C18H28N4O3. The van der Waals surface area contributed by atoms with Crippen LogP contribution in [0.2, 0.25) is 0 Å². The lowest BCUT2D eigenvalue weighted by Gasteiger charge is -2.23. The molecule has 2 aromatic heterocycles. The van der Waals surface area contributed by atoms with Gasteiger partial charge in [-0.05, 0) is 53.2 Å². The molecule has 7 nitrogen and oxygen atoms in total. The molecule has 0 aromatic carbocycles. The van der Waals surface area contributed by atoms with Crippen molar-refractivity contribution in [1.82, 2.24) is 20.4 Å². The largest absolute Gasteiger partial charge is 0.466 e. The Morgan fingerprint density at radius 2 is 2.00 bits per heavy atom. The maximum absolute atomic E-state index is 11.9. The average molecular weight is 348 g/mol. The molecular weight excluding hydrogens is 320 g/mol. The van der Waals surface area contributed by atoms with Crippen LogP contribution in [0.25, 0.3) is 0 Å². The smallest absolute Gasteiger partial charge is 0.314 e. The Bertz CT molecular complexity index is 731. The molecule has 1 unspecified atom stereocenters. The number of hydrogen-bond donors (Lipinski definition) is 3. The van der Waals surface area contributed by atoms with Crippen LogP contribution in [0, 0.1) is 27.7 Å². The molecule has 0 aliphatic heterocycles. The molecule has 0 saturated carbocycles. The van der Waals surface area contributed by atoms with E-state index >= 15 is 0 Å². The zero-order chi connectivity index (χ0) is 18.6. The average Bonchev–Trinajstić information content (AvgIpc) is 3.03. The predicted octanol–water partition coefficient (Wildman–Crippen LogP) is 2.31. The van der Waals surface area contributed by atoms with E-state index in [2.05, 4.69) is 15.7 Å². The Labute approximate surface area is 148 Å². The molecule has 0 fully saturated rings. The molecule has 2 heterocycles. The number of amides is 2. The standard InChI is InChI=1S/C18H28N4O3/c1-12-9-13(2)22(21-12)8-6-7-19-17(23)20-11-18(5,24)16-10-14(3)25-15(16)4/h9-10,24H,6-8,11H2,1-5H3,(H2,19,20,23). The normalized spacial score (nSPS) is 13.5. The molecule has 1 atom stereocenters. The van der Waals surface area contributed by atoms with Crippen molar-refractivity contribution in [1.29, 1.82) is 0 Å². The second kappa shape index (κ2) is 7.74. The van der Waals surface area contributed by atoms with E-state index in [0.29, 0.717) is 17.9 Å². The van der Waals surface area contributed by atoms with Crippen molar-refractivity contribution in [3.8, 4) is 0 Å². The Morgan fingerprint density at radius 3 is 2.56 bits per heavy atom. The maximum atomic E-state index is 11.9. The van der Waals surface area contributed by atoms with Crippen molar-refractivity contribution in [3.63, 3.8) is 0 Å². The van der Waals surface area contributed by atoms with Crippen molar-refractivity contribution in [2.75, 3.05) is 13.1 Å². The Morgan fingerprint density at radius 1 is 1.28 bits per heavy atom. The molecule has 2 amide bonds. The molecule has 0 aliphatic carbocycles. The predicted molar refractivity (Wildman–Crippen MR) is 95.5 cm³/mol. The van der Waals surface area contributed by atoms with E-state index in [1.165, 1.54) is 0 Å². The number of nitrogens with zero attached hydrogens (tertiary/aromatic N) is 2. The van der Waals surface area contributed by atoms with Crippen LogP contribution in [-0.2, 0) is 12.1 Å². The number of carbonyl (C=O) groups excluding carboxylic acids is 1. The van der Waals surface area contributed by atoms with E-state index in [1.807, 2.05) is 31.5 Å². The van der Waals surface area contributed by atoms with Crippen molar-refractivity contribution in [3.05, 3.63) is 40.6 Å². The monoisotopic (exact) mass is 348 g/mol. The zero-order valence-electron chi connectivity index (χ0n) is 15.6. The highest BCUT2D eigenvalue weighted by molar-refractivity contribution is 5.73. The highest BCUT2D eigenvalue weighted by Gasteiger charge is 2.28. The summed E-state index contributed by atoms with van der Waals surface area (Å²) >= 11 is 0. The minimum absolute atomic E-state index is 0.107. The first-order chi connectivity index (χ1) is 11.7. The van der Waals surface area contributed by atoms with E-state index in [0.717, 1.165) is 30.1 Å². The molecule has 138 valence electrons. The summed E-state index contributed by atoms with van der Waals surface area (Å²) in [7, 11) is 0. The van der Waals surface area contributed by atoms with Gasteiger partial charge in [0, 0.05) is 24.3 Å². The molecule has 2 rings (SSSR count). The van der Waals surface area contributed by atoms with Crippen LogP contribution in [0.15, 0.2) is 16.5 Å². The van der Waals surface area contributed by atoms with Crippen LogP contribution >= 0.6 is 0 Å². The van der Waals surface area contributed by atoms with Gasteiger partial charge in [0.15, 0.2) is 0 Å². The fourth-order valence-electron chi connectivity index (χ4n) is 2.91. The quantitative estimate of drug-likeness (QED) is 0.670. The van der Waals surface area contributed by atoms with Gasteiger partial charge in [-0.1, -0.05) is 0 Å². The van der Waals surface area contributed by atoms with Crippen molar-refractivity contribution in [2.45, 2.75) is 53.2 Å². The van der Waals surface area contributed by atoms with Gasteiger partial charge in [0.05, 0.1) is 12.2 Å². The van der Waals surface area contributed by atoms with E-state index in [1.54, 1.807) is 19.9 Å². The van der Waals surface area contributed by atoms with E-state index < -0.39 is 5.60 Å². The van der Waals surface area contributed by atoms with Gasteiger partial charge in [-0.2, -0.15) is 5.10 Å². The third kappa shape index (κ3) is 5.09. The maximum Gasteiger partial charge on any atom is 0.314 e. The number of carbonyl (C=O) groups is 1. The highest BCUT2D eigenvalue weighted by Crippen LogP contribution is 2.26. The summed E-state index contributed by atoms with van der Waals surface area (Å²) in [6.45, 7) is 10.7. The van der Waals surface area contributed by atoms with E-state index in [9.17, 15) is 9.90 Å². The SMILES string of the molecule is Cc1cc(C)n(CCCNC(=O)NCC(C)(O)c2cc(C)oc2C)n1. The zero-order valence-corrected chi connectivity index (χ0v) is 15.6. The summed E-state index contributed by atoms with van der Waals surface area (Å²) in [6, 6.07) is 3.52. The first kappa shape index (κ1) is 19.1. The van der Waals surface area contributed by atoms with Crippen LogP contribution in [0.3, 0.4) is 0 Å². The first-order valence-corrected chi connectivity index (χ1v) is 8.51. The minimum Gasteiger partial charge on any atom is -0.466 e. The molecule has 0 bridgehead atoms. The van der Waals surface area contributed by atoms with Gasteiger partial charge in [-0.15, -0.1) is 0 Å². The van der Waals surface area contributed by atoms with Crippen LogP contribution in [-0.4, -0.2) is 34.0 Å². The third-order valence-corrected chi connectivity index (χ3v) is 4.15. The molecule has 2 aromatic rings. The topological polar surface area (TPSA) is 92.3 Å². The first-order valence-electron chi connectivity index (χ1n) is 8.51. The lowest BCUT2D eigenvalue weighted by molar-refractivity contribution is 0.0579. The number of rotatable bonds is 7. The van der Waals surface area contributed by atoms with Crippen LogP contribution in [0.1, 0.15) is 41.8 Å². The second-order valence-corrected chi connectivity index (χ2v) is 6.71. The number of aromatic nitrogens is 2. The van der Waals surface area contributed by atoms with E-state index in [-0.39, 0.29) is 12.6 Å². The van der Waals surface area contributed by atoms with Crippen molar-refractivity contribution < 1.29 is 14.3 Å². The summed E-state index contributed by atoms with van der Waals surface area (Å²) in [6.07, 6.45) is 0.784. The molecule has 0 spiro atoms. The van der Waals surface area contributed by atoms with Crippen LogP contribution in [0.5, 0.6) is 0 Å². The van der Waals surface area contributed by atoms with Gasteiger partial charge in [0.1, 0.15) is 17.1 Å². The third-order valence-electron chi connectivity index (χ3n) is 4.15. The fourth-order valence-corrected chi connectivity index (χ4v) is 2.91. The minimum atomic E-state index is -1.18. The molecule has 25 heavy (non-hydrogen) atoms. The number of aryl methyl sites for hydroxylation is 5. The summed E-state index contributed by atoms with van der Waals surface area (Å²) < 4.78 is 7.38. The summed E-state index contributed by atoms with van der Waals surface area (Å²) in [4.78, 5) is 11.9. The molecule has 0 radical (unpaired) electrons. The van der Waals surface area contributed by atoms with Crippen LogP contribution < -0.4 is 10.6 Å². The van der Waals surface area contributed by atoms with E-state index in [4.69, 9.17) is 4.42 Å². The fraction of sp³-hybridized carbons (Fsp3) is 0.556. The Balaban J connectivity index is 1.73. The lowest BCUT2D eigenvalue weighted by Crippen LogP contribution is -2.43. The van der Waals surface area contributed by atoms with Gasteiger partial charge >= 0.3 is 6.03 Å². The number of hydrogen-bond acceptors (Lipinski definition) is 4. The van der Waals surface area contributed by atoms with Crippen molar-refractivity contribution >= 4 is 6.03 Å².